The first-order valence-electron chi connectivity index (χ1n) is 6.83. The van der Waals surface area contributed by atoms with Gasteiger partial charge in [-0.05, 0) is 19.8 Å². The number of thiazole rings is 1. The van der Waals surface area contributed by atoms with Crippen LogP contribution in [0.3, 0.4) is 0 Å². The molecule has 1 atom stereocenters. The Hall–Kier alpha value is -1.53. The summed E-state index contributed by atoms with van der Waals surface area (Å²) in [5.74, 6) is 0.743. The molecule has 0 saturated carbocycles. The molecule has 1 amide bonds. The van der Waals surface area contributed by atoms with Crippen molar-refractivity contribution in [3.63, 3.8) is 0 Å². The highest BCUT2D eigenvalue weighted by Crippen LogP contribution is 2.29. The van der Waals surface area contributed by atoms with Gasteiger partial charge in [-0.1, -0.05) is 11.6 Å². The Balaban J connectivity index is 1.79. The van der Waals surface area contributed by atoms with Crippen molar-refractivity contribution >= 4 is 28.8 Å². The summed E-state index contributed by atoms with van der Waals surface area (Å²) in [6.45, 7) is 3.16. The molecule has 0 unspecified atom stereocenters. The minimum Gasteiger partial charge on any atom is -0.337 e. The van der Waals surface area contributed by atoms with E-state index in [1.807, 2.05) is 16.5 Å². The van der Waals surface area contributed by atoms with Crippen LogP contribution in [0.2, 0.25) is 5.02 Å². The molecule has 2 aromatic heterocycles. The van der Waals surface area contributed by atoms with Crippen LogP contribution in [0.4, 0.5) is 0 Å². The molecule has 2 aromatic rings. The highest BCUT2D eigenvalue weighted by atomic mass is 35.5. The highest BCUT2D eigenvalue weighted by Gasteiger charge is 2.28. The van der Waals surface area contributed by atoms with Crippen molar-refractivity contribution in [1.29, 1.82) is 0 Å². The van der Waals surface area contributed by atoms with Crippen molar-refractivity contribution < 1.29 is 4.79 Å². The topological polar surface area (TPSA) is 59.0 Å². The molecule has 3 heterocycles. The number of rotatable bonds is 2. The average molecular weight is 323 g/mol. The number of likely N-dealkylation sites (tertiary alicyclic amines) is 1. The molecular formula is C14H15ClN4OS. The third-order valence-corrected chi connectivity index (χ3v) is 4.79. The van der Waals surface area contributed by atoms with Crippen molar-refractivity contribution in [2.75, 3.05) is 13.1 Å². The predicted molar refractivity (Wildman–Crippen MR) is 81.8 cm³/mol. The number of carbonyl (C=O) groups is 1. The Morgan fingerprint density at radius 1 is 1.48 bits per heavy atom. The van der Waals surface area contributed by atoms with Gasteiger partial charge in [-0.2, -0.15) is 0 Å². The second kappa shape index (κ2) is 6.07. The van der Waals surface area contributed by atoms with Crippen molar-refractivity contribution in [3.05, 3.63) is 39.3 Å². The molecule has 1 fully saturated rings. The molecule has 0 radical (unpaired) electrons. The van der Waals surface area contributed by atoms with E-state index in [0.29, 0.717) is 29.0 Å². The van der Waals surface area contributed by atoms with Gasteiger partial charge in [-0.3, -0.25) is 4.79 Å². The molecule has 1 saturated heterocycles. The molecule has 0 spiro atoms. The number of hydrogen-bond acceptors (Lipinski definition) is 5. The van der Waals surface area contributed by atoms with Crippen LogP contribution in [-0.2, 0) is 0 Å². The number of hydrogen-bond donors (Lipinski definition) is 0. The average Bonchev–Trinajstić information content (AvgIpc) is 3.03. The molecule has 110 valence electrons. The van der Waals surface area contributed by atoms with E-state index < -0.39 is 0 Å². The second-order valence-electron chi connectivity index (χ2n) is 5.07. The molecule has 3 rings (SSSR count). The normalized spacial score (nSPS) is 18.8. The summed E-state index contributed by atoms with van der Waals surface area (Å²) >= 11 is 7.71. The third-order valence-electron chi connectivity index (χ3n) is 3.58. The zero-order valence-corrected chi connectivity index (χ0v) is 13.2. The number of aromatic nitrogens is 3. The van der Waals surface area contributed by atoms with Gasteiger partial charge in [0.1, 0.15) is 5.82 Å². The van der Waals surface area contributed by atoms with Crippen LogP contribution in [0, 0.1) is 6.92 Å². The van der Waals surface area contributed by atoms with Crippen LogP contribution in [-0.4, -0.2) is 38.8 Å². The molecule has 5 nitrogen and oxygen atoms in total. The fourth-order valence-electron chi connectivity index (χ4n) is 2.55. The summed E-state index contributed by atoms with van der Waals surface area (Å²) in [7, 11) is 0. The lowest BCUT2D eigenvalue weighted by Crippen LogP contribution is -2.39. The van der Waals surface area contributed by atoms with Gasteiger partial charge in [0.25, 0.3) is 5.91 Å². The first-order chi connectivity index (χ1) is 10.1. The Morgan fingerprint density at radius 3 is 3.10 bits per heavy atom. The number of amides is 1. The molecule has 0 aliphatic carbocycles. The van der Waals surface area contributed by atoms with Gasteiger partial charge in [0.05, 0.1) is 16.2 Å². The number of nitrogens with zero attached hydrogens (tertiary/aromatic N) is 4. The van der Waals surface area contributed by atoms with Crippen LogP contribution >= 0.6 is 22.9 Å². The Kier molecular flexibility index (Phi) is 4.17. The zero-order chi connectivity index (χ0) is 14.8. The van der Waals surface area contributed by atoms with Crippen LogP contribution in [0.1, 0.15) is 40.1 Å². The summed E-state index contributed by atoms with van der Waals surface area (Å²) in [6, 6.07) is 0. The van der Waals surface area contributed by atoms with Crippen molar-refractivity contribution in [1.82, 2.24) is 19.9 Å². The van der Waals surface area contributed by atoms with E-state index in [2.05, 4.69) is 15.0 Å². The standard InChI is InChI=1S/C14H15ClN4OS/c1-9-17-7-11(15)12(18-9)14(20)19-5-2-3-10(8-19)13-16-4-6-21-13/h4,6-7,10H,2-3,5,8H2,1H3/t10-/m1/s1. The maximum atomic E-state index is 12.6. The zero-order valence-electron chi connectivity index (χ0n) is 11.6. The van der Waals surface area contributed by atoms with Gasteiger partial charge in [0.2, 0.25) is 0 Å². The molecule has 0 N–H and O–H groups in total. The van der Waals surface area contributed by atoms with E-state index >= 15 is 0 Å². The fraction of sp³-hybridized carbons (Fsp3) is 0.429. The van der Waals surface area contributed by atoms with Gasteiger partial charge in [0, 0.05) is 30.6 Å². The van der Waals surface area contributed by atoms with Crippen LogP contribution in [0.25, 0.3) is 0 Å². The van der Waals surface area contributed by atoms with E-state index in [-0.39, 0.29) is 5.91 Å². The number of piperidine rings is 1. The van der Waals surface area contributed by atoms with E-state index in [9.17, 15) is 4.79 Å². The van der Waals surface area contributed by atoms with Crippen molar-refractivity contribution in [2.45, 2.75) is 25.7 Å². The highest BCUT2D eigenvalue weighted by molar-refractivity contribution is 7.09. The first kappa shape index (κ1) is 14.4. The van der Waals surface area contributed by atoms with E-state index in [0.717, 1.165) is 24.4 Å². The molecular weight excluding hydrogens is 308 g/mol. The Labute approximate surface area is 132 Å². The third kappa shape index (κ3) is 3.06. The summed E-state index contributed by atoms with van der Waals surface area (Å²) in [4.78, 5) is 27.0. The molecule has 0 aromatic carbocycles. The van der Waals surface area contributed by atoms with Gasteiger partial charge in [-0.15, -0.1) is 11.3 Å². The second-order valence-corrected chi connectivity index (χ2v) is 6.41. The minimum atomic E-state index is -0.119. The summed E-state index contributed by atoms with van der Waals surface area (Å²) in [5, 5.41) is 3.38. The monoisotopic (exact) mass is 322 g/mol. The number of carbonyl (C=O) groups excluding carboxylic acids is 1. The van der Waals surface area contributed by atoms with Gasteiger partial charge in [0.15, 0.2) is 5.69 Å². The lowest BCUT2D eigenvalue weighted by molar-refractivity contribution is 0.0701. The quantitative estimate of drug-likeness (QED) is 0.853. The summed E-state index contributed by atoms with van der Waals surface area (Å²) in [5.41, 5.74) is 0.295. The molecule has 0 bridgehead atoms. The van der Waals surface area contributed by atoms with E-state index in [1.54, 1.807) is 18.3 Å². The van der Waals surface area contributed by atoms with Crippen LogP contribution in [0.15, 0.2) is 17.8 Å². The first-order valence-corrected chi connectivity index (χ1v) is 8.08. The number of halogens is 1. The smallest absolute Gasteiger partial charge is 0.274 e. The fourth-order valence-corrected chi connectivity index (χ4v) is 3.49. The summed E-state index contributed by atoms with van der Waals surface area (Å²) < 4.78 is 0. The van der Waals surface area contributed by atoms with E-state index in [1.165, 1.54) is 6.20 Å². The van der Waals surface area contributed by atoms with Crippen LogP contribution < -0.4 is 0 Å². The molecule has 1 aliphatic heterocycles. The maximum Gasteiger partial charge on any atom is 0.274 e. The Morgan fingerprint density at radius 2 is 2.33 bits per heavy atom. The van der Waals surface area contributed by atoms with Gasteiger partial charge >= 0.3 is 0 Å². The van der Waals surface area contributed by atoms with Crippen molar-refractivity contribution in [2.24, 2.45) is 0 Å². The number of aryl methyl sites for hydroxylation is 1. The summed E-state index contributed by atoms with van der Waals surface area (Å²) in [6.07, 6.45) is 5.33. The van der Waals surface area contributed by atoms with Gasteiger partial charge in [-0.25, -0.2) is 15.0 Å². The van der Waals surface area contributed by atoms with E-state index in [4.69, 9.17) is 11.6 Å². The molecule has 7 heteroatoms. The molecule has 21 heavy (non-hydrogen) atoms. The lowest BCUT2D eigenvalue weighted by atomic mass is 9.98. The van der Waals surface area contributed by atoms with Crippen LogP contribution in [0.5, 0.6) is 0 Å². The SMILES string of the molecule is Cc1ncc(Cl)c(C(=O)N2CCC[C@@H](c3nccs3)C2)n1. The largest absolute Gasteiger partial charge is 0.337 e. The predicted octanol–water partition coefficient (Wildman–Crippen LogP) is 2.91. The van der Waals surface area contributed by atoms with Crippen molar-refractivity contribution in [3.8, 4) is 0 Å². The Bertz CT molecular complexity index is 646. The van der Waals surface area contributed by atoms with Gasteiger partial charge < -0.3 is 4.90 Å². The minimum absolute atomic E-state index is 0.119. The molecule has 1 aliphatic rings. The maximum absolute atomic E-state index is 12.6. The lowest BCUT2D eigenvalue weighted by Gasteiger charge is -2.31.